The molecule has 0 amide bonds. The van der Waals surface area contributed by atoms with Crippen molar-refractivity contribution in [3.63, 3.8) is 0 Å². The van der Waals surface area contributed by atoms with Crippen molar-refractivity contribution in [3.05, 3.63) is 182 Å². The smallest absolute Gasteiger partial charge is 0.0788 e. The third-order valence-corrected chi connectivity index (χ3v) is 10.0. The molecule has 2 nitrogen and oxygen atoms in total. The molecule has 2 heterocycles. The highest BCUT2D eigenvalue weighted by Crippen LogP contribution is 2.38. The summed E-state index contributed by atoms with van der Waals surface area (Å²) < 4.78 is 0. The van der Waals surface area contributed by atoms with Crippen LogP contribution in [0.15, 0.2) is 182 Å². The topological polar surface area (TPSA) is 25.8 Å². The zero-order valence-corrected chi connectivity index (χ0v) is 27.2. The maximum absolute atomic E-state index is 5.31. The van der Waals surface area contributed by atoms with Gasteiger partial charge in [-0.25, -0.2) is 9.97 Å². The van der Waals surface area contributed by atoms with Crippen LogP contribution in [0.3, 0.4) is 0 Å². The highest BCUT2D eigenvalue weighted by atomic mass is 14.7. The van der Waals surface area contributed by atoms with Crippen LogP contribution in [0.25, 0.3) is 98.9 Å². The Hall–Kier alpha value is -6.64. The van der Waals surface area contributed by atoms with Gasteiger partial charge in [0.2, 0.25) is 0 Å². The van der Waals surface area contributed by atoms with Gasteiger partial charge in [0.15, 0.2) is 0 Å². The lowest BCUT2D eigenvalue weighted by Gasteiger charge is -2.13. The fraction of sp³-hybridized carbons (Fsp3) is 0. The van der Waals surface area contributed by atoms with E-state index in [1.165, 1.54) is 48.8 Å². The molecule has 0 spiro atoms. The lowest BCUT2D eigenvalue weighted by Crippen LogP contribution is -1.93. The molecule has 8 aromatic carbocycles. The lowest BCUT2D eigenvalue weighted by molar-refractivity contribution is 1.35. The van der Waals surface area contributed by atoms with Crippen LogP contribution in [0.4, 0.5) is 0 Å². The molecule has 0 unspecified atom stereocenters. The number of benzene rings is 8. The summed E-state index contributed by atoms with van der Waals surface area (Å²) in [5.74, 6) is 0. The Morgan fingerprint density at radius 1 is 0.280 bits per heavy atom. The highest BCUT2D eigenvalue weighted by Gasteiger charge is 2.14. The van der Waals surface area contributed by atoms with Crippen molar-refractivity contribution >= 4 is 54.0 Å². The molecule has 0 aliphatic heterocycles. The van der Waals surface area contributed by atoms with Crippen molar-refractivity contribution in [1.82, 2.24) is 9.97 Å². The summed E-state index contributed by atoms with van der Waals surface area (Å²) in [6, 6.07) is 65.0. The van der Waals surface area contributed by atoms with Crippen molar-refractivity contribution in [2.45, 2.75) is 0 Å². The van der Waals surface area contributed by atoms with Crippen molar-refractivity contribution in [2.75, 3.05) is 0 Å². The SMILES string of the molecule is c1ccc2c(-c3ccc(-c4nc5ccccc5c5ccccc45)cc3)nc(-c3ccc(-c4cc5ccccc5c5ccccc45)cc3)cc2c1. The molecule has 0 aliphatic rings. The van der Waals surface area contributed by atoms with E-state index in [-0.39, 0.29) is 0 Å². The Bertz CT molecular complexity index is 2900. The molecular weight excluding hydrogens is 605 g/mol. The largest absolute Gasteiger partial charge is 0.247 e. The van der Waals surface area contributed by atoms with E-state index < -0.39 is 0 Å². The number of aromatic nitrogens is 2. The summed E-state index contributed by atoms with van der Waals surface area (Å²) in [5, 5.41) is 10.9. The van der Waals surface area contributed by atoms with E-state index in [0.29, 0.717) is 0 Å². The molecule has 232 valence electrons. The molecule has 0 atom stereocenters. The molecular formula is C48H30N2. The van der Waals surface area contributed by atoms with Crippen LogP contribution >= 0.6 is 0 Å². The second-order valence-electron chi connectivity index (χ2n) is 12.9. The fourth-order valence-electron chi connectivity index (χ4n) is 7.59. The molecule has 10 aromatic rings. The predicted molar refractivity (Wildman–Crippen MR) is 211 cm³/mol. The van der Waals surface area contributed by atoms with E-state index in [2.05, 4.69) is 182 Å². The zero-order valence-electron chi connectivity index (χ0n) is 27.2. The fourth-order valence-corrected chi connectivity index (χ4v) is 7.59. The summed E-state index contributed by atoms with van der Waals surface area (Å²) in [6.07, 6.45) is 0. The summed E-state index contributed by atoms with van der Waals surface area (Å²) in [6.45, 7) is 0. The summed E-state index contributed by atoms with van der Waals surface area (Å²) in [5.41, 5.74) is 9.64. The Balaban J connectivity index is 1.06. The van der Waals surface area contributed by atoms with Gasteiger partial charge in [-0.15, -0.1) is 0 Å². The Labute approximate surface area is 290 Å². The molecule has 0 saturated carbocycles. The first-order chi connectivity index (χ1) is 24.8. The number of fused-ring (bicyclic) bond motifs is 7. The number of hydrogen-bond acceptors (Lipinski definition) is 2. The van der Waals surface area contributed by atoms with Crippen LogP contribution in [0.5, 0.6) is 0 Å². The number of rotatable bonds is 4. The van der Waals surface area contributed by atoms with Gasteiger partial charge in [0, 0.05) is 32.8 Å². The van der Waals surface area contributed by atoms with Gasteiger partial charge in [0.1, 0.15) is 0 Å². The van der Waals surface area contributed by atoms with Gasteiger partial charge in [-0.3, -0.25) is 0 Å². The lowest BCUT2D eigenvalue weighted by atomic mass is 9.92. The summed E-state index contributed by atoms with van der Waals surface area (Å²) >= 11 is 0. The third-order valence-electron chi connectivity index (χ3n) is 10.0. The van der Waals surface area contributed by atoms with E-state index in [1.807, 2.05) is 0 Å². The molecule has 0 fully saturated rings. The van der Waals surface area contributed by atoms with E-state index >= 15 is 0 Å². The van der Waals surface area contributed by atoms with Crippen molar-refractivity contribution in [2.24, 2.45) is 0 Å². The van der Waals surface area contributed by atoms with E-state index in [9.17, 15) is 0 Å². The zero-order chi connectivity index (χ0) is 33.0. The first-order valence-electron chi connectivity index (χ1n) is 17.1. The van der Waals surface area contributed by atoms with Crippen LogP contribution in [0, 0.1) is 0 Å². The van der Waals surface area contributed by atoms with Crippen molar-refractivity contribution < 1.29 is 0 Å². The van der Waals surface area contributed by atoms with Crippen LogP contribution in [0.1, 0.15) is 0 Å². The van der Waals surface area contributed by atoms with E-state index in [4.69, 9.17) is 9.97 Å². The summed E-state index contributed by atoms with van der Waals surface area (Å²) in [4.78, 5) is 10.4. The molecule has 0 N–H and O–H groups in total. The second-order valence-corrected chi connectivity index (χ2v) is 12.9. The third kappa shape index (κ3) is 4.65. The van der Waals surface area contributed by atoms with Crippen LogP contribution in [0.2, 0.25) is 0 Å². The molecule has 10 rings (SSSR count). The van der Waals surface area contributed by atoms with Gasteiger partial charge < -0.3 is 0 Å². The summed E-state index contributed by atoms with van der Waals surface area (Å²) in [7, 11) is 0. The Morgan fingerprint density at radius 2 is 0.740 bits per heavy atom. The molecule has 2 heteroatoms. The monoisotopic (exact) mass is 634 g/mol. The van der Waals surface area contributed by atoms with Gasteiger partial charge >= 0.3 is 0 Å². The number of pyridine rings is 2. The molecule has 0 bridgehead atoms. The average Bonchev–Trinajstić information content (AvgIpc) is 3.20. The van der Waals surface area contributed by atoms with Gasteiger partial charge in [-0.1, -0.05) is 164 Å². The Morgan fingerprint density at radius 3 is 1.44 bits per heavy atom. The molecule has 2 aromatic heterocycles. The number of nitrogens with zero attached hydrogens (tertiary/aromatic N) is 2. The van der Waals surface area contributed by atoms with E-state index in [1.54, 1.807) is 0 Å². The van der Waals surface area contributed by atoms with Gasteiger partial charge in [0.05, 0.1) is 22.6 Å². The molecule has 0 saturated heterocycles. The number of hydrogen-bond donors (Lipinski definition) is 0. The van der Waals surface area contributed by atoms with Gasteiger partial charge in [-0.05, 0) is 61.6 Å². The maximum atomic E-state index is 5.31. The van der Waals surface area contributed by atoms with Crippen LogP contribution in [-0.4, -0.2) is 9.97 Å². The van der Waals surface area contributed by atoms with Gasteiger partial charge in [-0.2, -0.15) is 0 Å². The quantitative estimate of drug-likeness (QED) is 0.180. The molecule has 50 heavy (non-hydrogen) atoms. The standard InChI is InChI=1S/C48H30N2/c1-3-13-37-35(11-1)29-44(40-16-6-5-15-39(37)40)31-21-23-32(24-22-31)46-30-36-12-2-4-14-38(36)47(50-46)33-25-27-34(28-26-33)48-43-19-8-7-17-41(43)42-18-9-10-20-45(42)49-48/h1-30H. The minimum Gasteiger partial charge on any atom is -0.247 e. The normalized spacial score (nSPS) is 11.6. The average molecular weight is 635 g/mol. The van der Waals surface area contributed by atoms with Crippen LogP contribution < -0.4 is 0 Å². The minimum atomic E-state index is 0.958. The molecule has 0 radical (unpaired) electrons. The Kier molecular flexibility index (Phi) is 6.53. The number of para-hydroxylation sites is 1. The van der Waals surface area contributed by atoms with Crippen molar-refractivity contribution in [3.8, 4) is 44.9 Å². The second kappa shape index (κ2) is 11.5. The maximum Gasteiger partial charge on any atom is 0.0788 e. The van der Waals surface area contributed by atoms with Crippen LogP contribution in [-0.2, 0) is 0 Å². The first-order valence-corrected chi connectivity index (χ1v) is 17.1. The van der Waals surface area contributed by atoms with Gasteiger partial charge in [0.25, 0.3) is 0 Å². The predicted octanol–water partition coefficient (Wildman–Crippen LogP) is 12.9. The minimum absolute atomic E-state index is 0.958. The molecule has 0 aliphatic carbocycles. The highest BCUT2D eigenvalue weighted by molar-refractivity contribution is 6.14. The first kappa shape index (κ1) is 28.4. The van der Waals surface area contributed by atoms with Crippen molar-refractivity contribution in [1.29, 1.82) is 0 Å². The van der Waals surface area contributed by atoms with E-state index in [0.717, 1.165) is 50.1 Å².